The number of ether oxygens (including phenoxy) is 1. The van der Waals surface area contributed by atoms with E-state index in [2.05, 4.69) is 20.3 Å². The van der Waals surface area contributed by atoms with Crippen molar-refractivity contribution in [2.24, 2.45) is 0 Å². The van der Waals surface area contributed by atoms with E-state index in [-0.39, 0.29) is 10.8 Å². The van der Waals surface area contributed by atoms with E-state index in [4.69, 9.17) is 13.8 Å². The third kappa shape index (κ3) is 5.01. The minimum Gasteiger partial charge on any atom is -0.481 e. The highest BCUT2D eigenvalue weighted by molar-refractivity contribution is 7.90. The fourth-order valence-electron chi connectivity index (χ4n) is 3.43. The molecule has 0 saturated carbocycles. The summed E-state index contributed by atoms with van der Waals surface area (Å²) in [4.78, 5) is 9.16. The van der Waals surface area contributed by atoms with Crippen molar-refractivity contribution in [3.8, 4) is 28.5 Å². The maximum atomic E-state index is 11.9. The second kappa shape index (κ2) is 9.38. The van der Waals surface area contributed by atoms with Crippen LogP contribution in [0.15, 0.2) is 56.4 Å². The van der Waals surface area contributed by atoms with Crippen LogP contribution in [0.1, 0.15) is 56.6 Å². The maximum absolute atomic E-state index is 11.9. The van der Waals surface area contributed by atoms with Gasteiger partial charge in [0.05, 0.1) is 4.90 Å². The molecule has 4 aromatic rings. The molecule has 0 amide bonds. The van der Waals surface area contributed by atoms with Crippen LogP contribution < -0.4 is 4.74 Å². The molecule has 0 bridgehead atoms. The zero-order valence-corrected chi connectivity index (χ0v) is 20.5. The summed E-state index contributed by atoms with van der Waals surface area (Å²) >= 11 is 0. The first kappa shape index (κ1) is 23.6. The summed E-state index contributed by atoms with van der Waals surface area (Å²) < 4.78 is 40.5. The Morgan fingerprint density at radius 1 is 0.912 bits per heavy atom. The van der Waals surface area contributed by atoms with E-state index in [1.165, 1.54) is 6.26 Å². The van der Waals surface area contributed by atoms with E-state index in [0.29, 0.717) is 46.7 Å². The summed E-state index contributed by atoms with van der Waals surface area (Å²) in [7, 11) is -3.30. The highest BCUT2D eigenvalue weighted by Gasteiger charge is 2.21. The molecule has 2 aromatic carbocycles. The zero-order chi connectivity index (χ0) is 24.5. The summed E-state index contributed by atoms with van der Waals surface area (Å²) in [5, 5.41) is 8.08. The molecule has 4 rings (SSSR count). The predicted molar refractivity (Wildman–Crippen MR) is 125 cm³/mol. The summed E-state index contributed by atoms with van der Waals surface area (Å²) in [6.45, 7) is 7.68. The lowest BCUT2D eigenvalue weighted by molar-refractivity contribution is 0.154. The molecule has 0 saturated heterocycles. The number of hydrogen-bond acceptors (Lipinski definition) is 9. The maximum Gasteiger partial charge on any atom is 0.268 e. The first-order chi connectivity index (χ1) is 16.2. The van der Waals surface area contributed by atoms with Crippen LogP contribution in [0.25, 0.3) is 22.8 Å². The molecule has 0 spiro atoms. The summed E-state index contributed by atoms with van der Waals surface area (Å²) in [6.07, 6.45) is 1.35. The Hall–Kier alpha value is -3.53. The highest BCUT2D eigenvalue weighted by atomic mass is 32.2. The Labute approximate surface area is 198 Å². The van der Waals surface area contributed by atoms with Crippen molar-refractivity contribution in [3.05, 3.63) is 59.8 Å². The van der Waals surface area contributed by atoms with E-state index in [1.54, 1.807) is 25.1 Å². The molecule has 9 nitrogen and oxygen atoms in total. The van der Waals surface area contributed by atoms with Crippen molar-refractivity contribution < 1.29 is 22.2 Å². The molecule has 0 aliphatic rings. The van der Waals surface area contributed by atoms with E-state index >= 15 is 0 Å². The van der Waals surface area contributed by atoms with Gasteiger partial charge in [0.25, 0.3) is 5.89 Å². The van der Waals surface area contributed by atoms with Crippen LogP contribution in [0.3, 0.4) is 0 Å². The smallest absolute Gasteiger partial charge is 0.268 e. The molecule has 0 N–H and O–H groups in total. The summed E-state index contributed by atoms with van der Waals surface area (Å²) in [6, 6.07) is 12.3. The monoisotopic (exact) mass is 482 g/mol. The Bertz CT molecular complexity index is 1390. The number of nitrogens with zero attached hydrogens (tertiary/aromatic N) is 4. The molecular formula is C24H26N4O5S. The number of rotatable bonds is 8. The number of sulfone groups is 1. The van der Waals surface area contributed by atoms with Gasteiger partial charge in [0.15, 0.2) is 15.9 Å². The zero-order valence-electron chi connectivity index (χ0n) is 19.6. The average molecular weight is 483 g/mol. The van der Waals surface area contributed by atoms with Crippen LogP contribution >= 0.6 is 0 Å². The number of aryl methyl sites for hydroxylation is 1. The van der Waals surface area contributed by atoms with Gasteiger partial charge >= 0.3 is 0 Å². The third-order valence-electron chi connectivity index (χ3n) is 5.25. The van der Waals surface area contributed by atoms with Gasteiger partial charge < -0.3 is 13.8 Å². The minimum absolute atomic E-state index is 0.162. The van der Waals surface area contributed by atoms with Crippen molar-refractivity contribution in [1.82, 2.24) is 20.3 Å². The number of aromatic nitrogens is 4. The lowest BCUT2D eigenvalue weighted by atomic mass is 10.1. The minimum atomic E-state index is -3.30. The second-order valence-corrected chi connectivity index (χ2v) is 10.3. The van der Waals surface area contributed by atoms with E-state index in [1.807, 2.05) is 45.0 Å². The van der Waals surface area contributed by atoms with Crippen LogP contribution in [-0.4, -0.2) is 35.0 Å². The number of benzene rings is 2. The standard InChI is InChI=1S/C24H26N4O5S/c1-6-19(31-18-10-7-16(8-11-18)21-25-23(14(2)3)32-27-21)24-26-22(28-33-24)17-9-12-20(15(4)13-17)34(5,29)30/h7-14,19H,6H2,1-5H3. The number of hydrogen-bond donors (Lipinski definition) is 0. The van der Waals surface area contributed by atoms with Crippen molar-refractivity contribution in [3.63, 3.8) is 0 Å². The molecule has 178 valence electrons. The quantitative estimate of drug-likeness (QED) is 0.335. The highest BCUT2D eigenvalue weighted by Crippen LogP contribution is 2.29. The molecule has 10 heteroatoms. The molecule has 1 atom stereocenters. The van der Waals surface area contributed by atoms with Crippen molar-refractivity contribution in [2.45, 2.75) is 51.0 Å². The van der Waals surface area contributed by atoms with E-state index in [9.17, 15) is 8.42 Å². The predicted octanol–water partition coefficient (Wildman–Crippen LogP) is 5.15. The van der Waals surface area contributed by atoms with Gasteiger partial charge in [-0.3, -0.25) is 0 Å². The first-order valence-corrected chi connectivity index (χ1v) is 12.8. The lowest BCUT2D eigenvalue weighted by Crippen LogP contribution is -2.07. The van der Waals surface area contributed by atoms with Crippen molar-refractivity contribution >= 4 is 9.84 Å². The Morgan fingerprint density at radius 3 is 2.06 bits per heavy atom. The van der Waals surface area contributed by atoms with Crippen LogP contribution in [0.5, 0.6) is 5.75 Å². The third-order valence-corrected chi connectivity index (χ3v) is 6.50. The van der Waals surface area contributed by atoms with Gasteiger partial charge in [0.1, 0.15) is 5.75 Å². The van der Waals surface area contributed by atoms with Gasteiger partial charge in [-0.2, -0.15) is 9.97 Å². The van der Waals surface area contributed by atoms with Crippen LogP contribution in [0.4, 0.5) is 0 Å². The Kier molecular flexibility index (Phi) is 6.52. The first-order valence-electron chi connectivity index (χ1n) is 10.9. The molecule has 2 heterocycles. The fourth-order valence-corrected chi connectivity index (χ4v) is 4.39. The van der Waals surface area contributed by atoms with Crippen LogP contribution in [-0.2, 0) is 9.84 Å². The van der Waals surface area contributed by atoms with Crippen molar-refractivity contribution in [2.75, 3.05) is 6.26 Å². The van der Waals surface area contributed by atoms with Gasteiger partial charge in [-0.25, -0.2) is 8.42 Å². The van der Waals surface area contributed by atoms with Gasteiger partial charge in [0, 0.05) is 23.3 Å². The normalized spacial score (nSPS) is 12.8. The molecule has 0 radical (unpaired) electrons. The second-order valence-electron chi connectivity index (χ2n) is 8.36. The van der Waals surface area contributed by atoms with Gasteiger partial charge in [0.2, 0.25) is 17.5 Å². The molecule has 0 aliphatic carbocycles. The molecule has 0 aliphatic heterocycles. The topological polar surface area (TPSA) is 121 Å². The summed E-state index contributed by atoms with van der Waals surface area (Å²) in [5.41, 5.74) is 2.11. The Balaban J connectivity index is 1.50. The molecule has 0 fully saturated rings. The van der Waals surface area contributed by atoms with E-state index in [0.717, 1.165) is 5.56 Å². The van der Waals surface area contributed by atoms with Crippen LogP contribution in [0, 0.1) is 6.92 Å². The fraction of sp³-hybridized carbons (Fsp3) is 0.333. The van der Waals surface area contributed by atoms with E-state index < -0.39 is 15.9 Å². The molecule has 34 heavy (non-hydrogen) atoms. The molecule has 2 aromatic heterocycles. The van der Waals surface area contributed by atoms with Crippen LogP contribution in [0.2, 0.25) is 0 Å². The molecular weight excluding hydrogens is 456 g/mol. The lowest BCUT2D eigenvalue weighted by Gasteiger charge is -2.13. The van der Waals surface area contributed by atoms with Gasteiger partial charge in [-0.1, -0.05) is 31.1 Å². The SMILES string of the molecule is CCC(Oc1ccc(-c2noc(C(C)C)n2)cc1)c1nc(-c2ccc(S(C)(=O)=O)c(C)c2)no1. The largest absolute Gasteiger partial charge is 0.481 e. The summed E-state index contributed by atoms with van der Waals surface area (Å²) in [5.74, 6) is 2.63. The van der Waals surface area contributed by atoms with Crippen molar-refractivity contribution in [1.29, 1.82) is 0 Å². The average Bonchev–Trinajstić information content (AvgIpc) is 3.47. The Morgan fingerprint density at radius 2 is 1.50 bits per heavy atom. The van der Waals surface area contributed by atoms with Gasteiger partial charge in [-0.15, -0.1) is 0 Å². The van der Waals surface area contributed by atoms with Gasteiger partial charge in [-0.05, 0) is 61.4 Å². The molecule has 1 unspecified atom stereocenters.